The van der Waals surface area contributed by atoms with Gasteiger partial charge in [0.2, 0.25) is 5.91 Å². The van der Waals surface area contributed by atoms with Gasteiger partial charge in [-0.2, -0.15) is 0 Å². The third-order valence-electron chi connectivity index (χ3n) is 6.82. The maximum Gasteiger partial charge on any atom is 0.407 e. The van der Waals surface area contributed by atoms with Gasteiger partial charge in [0.1, 0.15) is 12.2 Å². The van der Waals surface area contributed by atoms with Crippen molar-refractivity contribution in [3.05, 3.63) is 108 Å². The molecule has 3 aromatic carbocycles. The normalized spacial score (nSPS) is 16.6. The number of piperazine rings is 1. The molecule has 0 radical (unpaired) electrons. The molecular weight excluding hydrogens is 518 g/mol. The van der Waals surface area contributed by atoms with E-state index in [0.717, 1.165) is 16.7 Å². The van der Waals surface area contributed by atoms with E-state index in [1.165, 1.54) is 0 Å². The molecule has 1 aliphatic heterocycles. The quantitative estimate of drug-likeness (QED) is 0.367. The van der Waals surface area contributed by atoms with Crippen molar-refractivity contribution in [1.29, 1.82) is 0 Å². The highest BCUT2D eigenvalue weighted by Crippen LogP contribution is 2.21. The van der Waals surface area contributed by atoms with Crippen LogP contribution in [0.15, 0.2) is 91.0 Å². The molecule has 2 atom stereocenters. The predicted molar refractivity (Wildman–Crippen MR) is 157 cm³/mol. The minimum Gasteiger partial charge on any atom is -0.460 e. The fraction of sp³-hybridized carbons (Fsp3) is 0.364. The van der Waals surface area contributed by atoms with Crippen LogP contribution in [0.1, 0.15) is 37.5 Å². The first-order valence-corrected chi connectivity index (χ1v) is 13.9. The van der Waals surface area contributed by atoms with Crippen molar-refractivity contribution in [2.75, 3.05) is 19.6 Å². The average molecular weight is 558 g/mol. The number of carbonyl (C=O) groups excluding carboxylic acids is 3. The number of hydrogen-bond donors (Lipinski definition) is 1. The van der Waals surface area contributed by atoms with Crippen LogP contribution >= 0.6 is 0 Å². The summed E-state index contributed by atoms with van der Waals surface area (Å²) in [6, 6.07) is 28.3. The van der Waals surface area contributed by atoms with Crippen molar-refractivity contribution in [3.8, 4) is 0 Å². The Labute approximate surface area is 242 Å². The highest BCUT2D eigenvalue weighted by Gasteiger charge is 2.39. The first kappa shape index (κ1) is 29.8. The van der Waals surface area contributed by atoms with Crippen molar-refractivity contribution in [2.24, 2.45) is 0 Å². The van der Waals surface area contributed by atoms with E-state index >= 15 is 0 Å². The van der Waals surface area contributed by atoms with E-state index in [1.54, 1.807) is 4.90 Å². The molecule has 0 bridgehead atoms. The van der Waals surface area contributed by atoms with Gasteiger partial charge < -0.3 is 19.7 Å². The van der Waals surface area contributed by atoms with Crippen molar-refractivity contribution in [3.63, 3.8) is 0 Å². The zero-order valence-corrected chi connectivity index (χ0v) is 24.0. The number of hydrogen-bond acceptors (Lipinski definition) is 6. The molecule has 1 heterocycles. The molecule has 1 N–H and O–H groups in total. The molecule has 0 aromatic heterocycles. The molecule has 3 aromatic rings. The molecule has 1 fully saturated rings. The molecule has 8 heteroatoms. The number of amides is 2. The molecule has 0 spiro atoms. The largest absolute Gasteiger partial charge is 0.460 e. The lowest BCUT2D eigenvalue weighted by Crippen LogP contribution is -2.64. The number of benzene rings is 3. The van der Waals surface area contributed by atoms with Crippen molar-refractivity contribution >= 4 is 18.0 Å². The van der Waals surface area contributed by atoms with Gasteiger partial charge in [-0.1, -0.05) is 91.0 Å². The van der Waals surface area contributed by atoms with Crippen LogP contribution in [0.3, 0.4) is 0 Å². The van der Waals surface area contributed by atoms with Gasteiger partial charge in [-0.25, -0.2) is 4.79 Å². The van der Waals surface area contributed by atoms with E-state index in [9.17, 15) is 14.4 Å². The van der Waals surface area contributed by atoms with E-state index in [2.05, 4.69) is 5.32 Å². The monoisotopic (exact) mass is 557 g/mol. The summed E-state index contributed by atoms with van der Waals surface area (Å²) in [6.45, 7) is 6.30. The number of nitrogens with one attached hydrogen (secondary N) is 1. The summed E-state index contributed by atoms with van der Waals surface area (Å²) in [5.41, 5.74) is 2.24. The second-order valence-corrected chi connectivity index (χ2v) is 11.3. The fourth-order valence-corrected chi connectivity index (χ4v) is 4.91. The lowest BCUT2D eigenvalue weighted by molar-refractivity contribution is -0.151. The number of carbonyl (C=O) groups is 3. The van der Waals surface area contributed by atoms with Crippen LogP contribution in [0.25, 0.3) is 0 Å². The minimum absolute atomic E-state index is 0.0270. The van der Waals surface area contributed by atoms with E-state index in [1.807, 2.05) is 117 Å². The standard InChI is InChI=1S/C33H39N3O5/c1-33(2,3)41-32(39)34-28(19-25-13-7-4-8-14-25)29-21-36(20-26-15-9-5-10-16-26)30(37)22-35(29)23-31(38)40-24-27-17-11-6-12-18-27/h4-18,28-29H,19-24H2,1-3H3,(H,34,39)/t28-,29?/m0/s1. The predicted octanol–water partition coefficient (Wildman–Crippen LogP) is 4.58. The van der Waals surface area contributed by atoms with E-state index in [-0.39, 0.29) is 31.6 Å². The molecule has 0 aliphatic carbocycles. The SMILES string of the molecule is CC(C)(C)OC(=O)N[C@@H](Cc1ccccc1)C1CN(Cc2ccccc2)C(=O)CN1CC(=O)OCc1ccccc1. The first-order valence-electron chi connectivity index (χ1n) is 13.9. The zero-order chi connectivity index (χ0) is 29.2. The Morgan fingerprint density at radius 1 is 0.878 bits per heavy atom. The Hall–Kier alpha value is -4.17. The lowest BCUT2D eigenvalue weighted by Gasteiger charge is -2.44. The summed E-state index contributed by atoms with van der Waals surface area (Å²) in [4.78, 5) is 42.9. The van der Waals surface area contributed by atoms with Gasteiger partial charge in [0.15, 0.2) is 0 Å². The fourth-order valence-electron chi connectivity index (χ4n) is 4.91. The summed E-state index contributed by atoms with van der Waals surface area (Å²) >= 11 is 0. The molecule has 4 rings (SSSR count). The summed E-state index contributed by atoms with van der Waals surface area (Å²) in [7, 11) is 0. The van der Waals surface area contributed by atoms with Crippen LogP contribution in [0.2, 0.25) is 0 Å². The zero-order valence-electron chi connectivity index (χ0n) is 24.0. The third kappa shape index (κ3) is 9.46. The van der Waals surface area contributed by atoms with Gasteiger partial charge in [-0.3, -0.25) is 14.5 Å². The highest BCUT2D eigenvalue weighted by atomic mass is 16.6. The average Bonchev–Trinajstić information content (AvgIpc) is 2.94. The Balaban J connectivity index is 1.57. The molecular formula is C33H39N3O5. The highest BCUT2D eigenvalue weighted by molar-refractivity contribution is 5.81. The molecule has 216 valence electrons. The number of ether oxygens (including phenoxy) is 2. The molecule has 1 aliphatic rings. The molecule has 41 heavy (non-hydrogen) atoms. The molecule has 1 saturated heterocycles. The van der Waals surface area contributed by atoms with E-state index in [0.29, 0.717) is 19.5 Å². The van der Waals surface area contributed by atoms with Gasteiger partial charge in [-0.05, 0) is 43.9 Å². The number of rotatable bonds is 10. The van der Waals surface area contributed by atoms with Crippen molar-refractivity contribution < 1.29 is 23.9 Å². The number of alkyl carbamates (subject to hydrolysis) is 1. The second kappa shape index (κ2) is 13.9. The van der Waals surface area contributed by atoms with Crippen LogP contribution in [0.5, 0.6) is 0 Å². The van der Waals surface area contributed by atoms with Crippen LogP contribution < -0.4 is 5.32 Å². The first-order chi connectivity index (χ1) is 19.7. The van der Waals surface area contributed by atoms with Crippen molar-refractivity contribution in [1.82, 2.24) is 15.1 Å². The topological polar surface area (TPSA) is 88.2 Å². The van der Waals surface area contributed by atoms with Gasteiger partial charge in [0.05, 0.1) is 19.1 Å². The smallest absolute Gasteiger partial charge is 0.407 e. The minimum atomic E-state index is -0.676. The summed E-state index contributed by atoms with van der Waals surface area (Å²) < 4.78 is 11.2. The Kier molecular flexibility index (Phi) is 10.1. The summed E-state index contributed by atoms with van der Waals surface area (Å²) in [6.07, 6.45) is -0.0511. The molecule has 1 unspecified atom stereocenters. The van der Waals surface area contributed by atoms with Crippen molar-refractivity contribution in [2.45, 2.75) is 58.0 Å². The molecule has 8 nitrogen and oxygen atoms in total. The van der Waals surface area contributed by atoms with Gasteiger partial charge in [-0.15, -0.1) is 0 Å². The lowest BCUT2D eigenvalue weighted by atomic mass is 9.95. The van der Waals surface area contributed by atoms with Crippen LogP contribution in [-0.4, -0.2) is 65.1 Å². The Bertz CT molecular complexity index is 1280. The van der Waals surface area contributed by atoms with Gasteiger partial charge >= 0.3 is 12.1 Å². The summed E-state index contributed by atoms with van der Waals surface area (Å²) in [5.74, 6) is -0.518. The van der Waals surface area contributed by atoms with Gasteiger partial charge in [0, 0.05) is 19.1 Å². The number of esters is 1. The van der Waals surface area contributed by atoms with Crippen LogP contribution in [0.4, 0.5) is 4.79 Å². The molecule has 0 saturated carbocycles. The maximum absolute atomic E-state index is 13.3. The summed E-state index contributed by atoms with van der Waals surface area (Å²) in [5, 5.41) is 3.06. The second-order valence-electron chi connectivity index (χ2n) is 11.3. The van der Waals surface area contributed by atoms with E-state index < -0.39 is 23.7 Å². The number of nitrogens with zero attached hydrogens (tertiary/aromatic N) is 2. The van der Waals surface area contributed by atoms with E-state index in [4.69, 9.17) is 9.47 Å². The Morgan fingerprint density at radius 2 is 1.44 bits per heavy atom. The molecule has 2 amide bonds. The maximum atomic E-state index is 13.3. The van der Waals surface area contributed by atoms with Crippen LogP contribution in [-0.2, 0) is 38.6 Å². The third-order valence-corrected chi connectivity index (χ3v) is 6.82. The van der Waals surface area contributed by atoms with Gasteiger partial charge in [0.25, 0.3) is 0 Å². The van der Waals surface area contributed by atoms with Crippen LogP contribution in [0, 0.1) is 0 Å². The Morgan fingerprint density at radius 3 is 2.02 bits per heavy atom.